The minimum absolute atomic E-state index is 0.0893. The van der Waals surface area contributed by atoms with Crippen LogP contribution in [0.25, 0.3) is 0 Å². The molecule has 2 heterocycles. The Morgan fingerprint density at radius 1 is 0.871 bits per heavy atom. The van der Waals surface area contributed by atoms with Gasteiger partial charge in [0.1, 0.15) is 0 Å². The lowest BCUT2D eigenvalue weighted by Crippen LogP contribution is -2.40. The topological polar surface area (TPSA) is 52.7 Å². The zero-order valence-corrected chi connectivity index (χ0v) is 18.7. The maximum absolute atomic E-state index is 12.8. The number of amides is 2. The molecule has 4 fully saturated rings. The van der Waals surface area contributed by atoms with Crippen LogP contribution in [-0.2, 0) is 9.59 Å². The second-order valence-electron chi connectivity index (χ2n) is 10.4. The summed E-state index contributed by atoms with van der Waals surface area (Å²) in [5.74, 6) is 2.46. The molecule has 0 aromatic heterocycles. The first kappa shape index (κ1) is 21.0. The van der Waals surface area contributed by atoms with Gasteiger partial charge in [0, 0.05) is 44.6 Å². The molecule has 3 atom stereocenters. The van der Waals surface area contributed by atoms with Crippen LogP contribution in [-0.4, -0.2) is 54.3 Å². The van der Waals surface area contributed by atoms with Gasteiger partial charge in [0.05, 0.1) is 6.04 Å². The van der Waals surface area contributed by atoms with E-state index >= 15 is 0 Å². The van der Waals surface area contributed by atoms with Gasteiger partial charge in [0.25, 0.3) is 0 Å². The van der Waals surface area contributed by atoms with Gasteiger partial charge in [-0.1, -0.05) is 49.6 Å². The number of nitrogens with zero attached hydrogens (tertiary/aromatic N) is 2. The van der Waals surface area contributed by atoms with Crippen molar-refractivity contribution in [2.24, 2.45) is 23.7 Å². The fourth-order valence-electron chi connectivity index (χ4n) is 6.16. The SMILES string of the molecule is O=C(NC(CCN1CC2CN(C(=O)C3CCC3)C[C@@H]2C1)c1ccccc1)C1CCCC1. The Labute approximate surface area is 186 Å². The lowest BCUT2D eigenvalue weighted by molar-refractivity contribution is -0.137. The first-order chi connectivity index (χ1) is 15.2. The maximum Gasteiger partial charge on any atom is 0.225 e. The highest BCUT2D eigenvalue weighted by Gasteiger charge is 2.43. The molecule has 5 nitrogen and oxygen atoms in total. The third-order valence-electron chi connectivity index (χ3n) is 8.31. The van der Waals surface area contributed by atoms with Gasteiger partial charge >= 0.3 is 0 Å². The molecule has 2 saturated heterocycles. The highest BCUT2D eigenvalue weighted by Crippen LogP contribution is 2.35. The normalized spacial score (nSPS) is 27.8. The standard InChI is InChI=1S/C26H37N3O2/c30-25(20-9-4-5-10-20)27-24(19-7-2-1-3-8-19)13-14-28-15-22-17-29(18-23(22)16-28)26(31)21-11-6-12-21/h1-3,7-8,20-24H,4-6,9-18H2,(H,27,30)/t22-,23?,24?/m0/s1. The second kappa shape index (κ2) is 9.32. The van der Waals surface area contributed by atoms with E-state index in [1.54, 1.807) is 0 Å². The van der Waals surface area contributed by atoms with Crippen LogP contribution in [0.3, 0.4) is 0 Å². The van der Waals surface area contributed by atoms with Gasteiger partial charge in [-0.2, -0.15) is 0 Å². The van der Waals surface area contributed by atoms with Crippen molar-refractivity contribution in [2.45, 2.75) is 57.4 Å². The summed E-state index contributed by atoms with van der Waals surface area (Å²) in [5.41, 5.74) is 1.21. The largest absolute Gasteiger partial charge is 0.349 e. The Hall–Kier alpha value is -1.88. The van der Waals surface area contributed by atoms with Crippen molar-refractivity contribution in [3.63, 3.8) is 0 Å². The molecular formula is C26H37N3O2. The zero-order valence-electron chi connectivity index (χ0n) is 18.7. The van der Waals surface area contributed by atoms with Crippen molar-refractivity contribution in [3.05, 3.63) is 35.9 Å². The fraction of sp³-hybridized carbons (Fsp3) is 0.692. The van der Waals surface area contributed by atoms with Gasteiger partial charge in [-0.25, -0.2) is 0 Å². The number of likely N-dealkylation sites (tertiary alicyclic amines) is 2. The highest BCUT2D eigenvalue weighted by molar-refractivity contribution is 5.80. The number of benzene rings is 1. The van der Waals surface area contributed by atoms with Gasteiger partial charge < -0.3 is 15.1 Å². The van der Waals surface area contributed by atoms with E-state index in [0.29, 0.717) is 23.7 Å². The summed E-state index contributed by atoms with van der Waals surface area (Å²) in [6, 6.07) is 10.5. The van der Waals surface area contributed by atoms with E-state index in [2.05, 4.69) is 39.4 Å². The number of hydrogen-bond donors (Lipinski definition) is 1. The summed E-state index contributed by atoms with van der Waals surface area (Å²) < 4.78 is 0. The van der Waals surface area contributed by atoms with E-state index in [0.717, 1.165) is 64.8 Å². The lowest BCUT2D eigenvalue weighted by Gasteiger charge is -2.30. The van der Waals surface area contributed by atoms with E-state index in [-0.39, 0.29) is 17.9 Å². The number of carbonyl (C=O) groups excluding carboxylic acids is 2. The van der Waals surface area contributed by atoms with Crippen LogP contribution < -0.4 is 5.32 Å². The van der Waals surface area contributed by atoms with Gasteiger partial charge in [0.2, 0.25) is 11.8 Å². The molecule has 5 rings (SSSR count). The Morgan fingerprint density at radius 3 is 2.13 bits per heavy atom. The van der Waals surface area contributed by atoms with E-state index in [4.69, 9.17) is 0 Å². The molecule has 2 saturated carbocycles. The molecule has 168 valence electrons. The molecule has 0 spiro atoms. The van der Waals surface area contributed by atoms with Crippen molar-refractivity contribution in [1.82, 2.24) is 15.1 Å². The smallest absolute Gasteiger partial charge is 0.225 e. The molecule has 0 bridgehead atoms. The van der Waals surface area contributed by atoms with Crippen LogP contribution in [0.15, 0.2) is 30.3 Å². The summed E-state index contributed by atoms with van der Waals surface area (Å²) >= 11 is 0. The molecule has 5 heteroatoms. The predicted octanol–water partition coefficient (Wildman–Crippen LogP) is 3.61. The highest BCUT2D eigenvalue weighted by atomic mass is 16.2. The average molecular weight is 424 g/mol. The zero-order chi connectivity index (χ0) is 21.2. The quantitative estimate of drug-likeness (QED) is 0.729. The number of rotatable bonds is 7. The predicted molar refractivity (Wildman–Crippen MR) is 121 cm³/mol. The number of carbonyl (C=O) groups is 2. The summed E-state index contributed by atoms with van der Waals surface area (Å²) in [6.45, 7) is 5.11. The van der Waals surface area contributed by atoms with Crippen molar-refractivity contribution >= 4 is 11.8 Å². The number of nitrogens with one attached hydrogen (secondary N) is 1. The molecule has 0 radical (unpaired) electrons. The fourth-order valence-corrected chi connectivity index (χ4v) is 6.16. The van der Waals surface area contributed by atoms with Gasteiger partial charge in [-0.15, -0.1) is 0 Å². The monoisotopic (exact) mass is 423 g/mol. The minimum Gasteiger partial charge on any atom is -0.349 e. The second-order valence-corrected chi connectivity index (χ2v) is 10.4. The summed E-state index contributed by atoms with van der Waals surface area (Å²) in [7, 11) is 0. The molecule has 31 heavy (non-hydrogen) atoms. The molecule has 4 aliphatic rings. The van der Waals surface area contributed by atoms with E-state index in [9.17, 15) is 9.59 Å². The van der Waals surface area contributed by atoms with Crippen LogP contribution in [0.5, 0.6) is 0 Å². The summed E-state index contributed by atoms with van der Waals surface area (Å²) in [4.78, 5) is 30.1. The van der Waals surface area contributed by atoms with Crippen LogP contribution >= 0.6 is 0 Å². The number of fused-ring (bicyclic) bond motifs is 1. The molecule has 2 amide bonds. The Morgan fingerprint density at radius 2 is 1.52 bits per heavy atom. The third-order valence-corrected chi connectivity index (χ3v) is 8.31. The van der Waals surface area contributed by atoms with E-state index in [1.165, 1.54) is 24.8 Å². The van der Waals surface area contributed by atoms with Crippen molar-refractivity contribution < 1.29 is 9.59 Å². The first-order valence-corrected chi connectivity index (χ1v) is 12.5. The summed E-state index contributed by atoms with van der Waals surface area (Å²) in [6.07, 6.45) is 8.83. The third kappa shape index (κ3) is 4.67. The average Bonchev–Trinajstić information content (AvgIpc) is 3.46. The van der Waals surface area contributed by atoms with Gasteiger partial charge in [0.15, 0.2) is 0 Å². The van der Waals surface area contributed by atoms with Gasteiger partial charge in [-0.3, -0.25) is 9.59 Å². The summed E-state index contributed by atoms with van der Waals surface area (Å²) in [5, 5.41) is 3.38. The molecule has 1 aromatic carbocycles. The molecule has 2 aliphatic heterocycles. The molecule has 2 aliphatic carbocycles. The van der Waals surface area contributed by atoms with Crippen molar-refractivity contribution in [3.8, 4) is 0 Å². The Balaban J connectivity index is 1.14. The van der Waals surface area contributed by atoms with Crippen LogP contribution in [0.2, 0.25) is 0 Å². The molecule has 1 aromatic rings. The molecular weight excluding hydrogens is 386 g/mol. The van der Waals surface area contributed by atoms with Crippen LogP contribution in [0.4, 0.5) is 0 Å². The molecule has 1 N–H and O–H groups in total. The van der Waals surface area contributed by atoms with Crippen molar-refractivity contribution in [1.29, 1.82) is 0 Å². The van der Waals surface area contributed by atoms with E-state index < -0.39 is 0 Å². The Kier molecular flexibility index (Phi) is 6.31. The molecule has 2 unspecified atom stereocenters. The first-order valence-electron chi connectivity index (χ1n) is 12.5. The maximum atomic E-state index is 12.8. The minimum atomic E-state index is 0.0893. The van der Waals surface area contributed by atoms with Gasteiger partial charge in [-0.05, 0) is 49.5 Å². The number of hydrogen-bond acceptors (Lipinski definition) is 3. The van der Waals surface area contributed by atoms with Crippen LogP contribution in [0.1, 0.15) is 63.0 Å². The van der Waals surface area contributed by atoms with Crippen LogP contribution in [0, 0.1) is 23.7 Å². The lowest BCUT2D eigenvalue weighted by atomic mass is 9.84. The van der Waals surface area contributed by atoms with Crippen molar-refractivity contribution in [2.75, 3.05) is 32.7 Å². The Bertz CT molecular complexity index is 758. The van der Waals surface area contributed by atoms with E-state index in [1.807, 2.05) is 6.07 Å².